The second kappa shape index (κ2) is 7.30. The Morgan fingerprint density at radius 3 is 2.38 bits per heavy atom. The number of nitrogens with zero attached hydrogens (tertiary/aromatic N) is 3. The highest BCUT2D eigenvalue weighted by Crippen LogP contribution is 2.22. The van der Waals surface area contributed by atoms with Crippen molar-refractivity contribution in [1.82, 2.24) is 19.8 Å². The van der Waals surface area contributed by atoms with Crippen LogP contribution in [0.1, 0.15) is 32.7 Å². The molecule has 3 rings (SSSR count). The van der Waals surface area contributed by atoms with Crippen molar-refractivity contribution >= 4 is 17.7 Å². The maximum absolute atomic E-state index is 12.2. The Morgan fingerprint density at radius 1 is 1.08 bits per heavy atom. The van der Waals surface area contributed by atoms with Gasteiger partial charge in [0.1, 0.15) is 0 Å². The van der Waals surface area contributed by atoms with Gasteiger partial charge in [-0.1, -0.05) is 12.1 Å². The molecule has 0 saturated heterocycles. The number of carbonyl (C=O) groups is 3. The Kier molecular flexibility index (Phi) is 4.92. The molecule has 1 aromatic heterocycles. The number of benzene rings is 1. The maximum Gasteiger partial charge on any atom is 0.261 e. The van der Waals surface area contributed by atoms with Crippen LogP contribution in [0.2, 0.25) is 0 Å². The quantitative estimate of drug-likeness (QED) is 0.755. The zero-order valence-electron chi connectivity index (χ0n) is 14.3. The van der Waals surface area contributed by atoms with Crippen LogP contribution in [-0.4, -0.2) is 45.3 Å². The molecular weight excluding hydrogens is 336 g/mol. The van der Waals surface area contributed by atoms with E-state index in [1.807, 2.05) is 0 Å². The van der Waals surface area contributed by atoms with Crippen LogP contribution < -0.4 is 10.9 Å². The van der Waals surface area contributed by atoms with E-state index in [9.17, 15) is 19.2 Å². The van der Waals surface area contributed by atoms with Gasteiger partial charge in [-0.2, -0.15) is 0 Å². The topological polar surface area (TPSA) is 101 Å². The molecule has 0 bridgehead atoms. The van der Waals surface area contributed by atoms with E-state index in [0.717, 1.165) is 4.90 Å². The van der Waals surface area contributed by atoms with Crippen LogP contribution in [0, 0.1) is 6.92 Å². The SMILES string of the molecule is Cc1cncn(CCNC(=O)CCN2C(=O)c3ccccc3C2=O)c1=O. The van der Waals surface area contributed by atoms with Crippen LogP contribution in [0.4, 0.5) is 0 Å². The Bertz CT molecular complexity index is 900. The van der Waals surface area contributed by atoms with Crippen molar-refractivity contribution in [2.24, 2.45) is 0 Å². The molecule has 134 valence electrons. The number of fused-ring (bicyclic) bond motifs is 1. The third kappa shape index (κ3) is 3.39. The summed E-state index contributed by atoms with van der Waals surface area (Å²) in [6.07, 6.45) is 2.91. The molecule has 26 heavy (non-hydrogen) atoms. The van der Waals surface area contributed by atoms with Crippen LogP contribution >= 0.6 is 0 Å². The summed E-state index contributed by atoms with van der Waals surface area (Å²) >= 11 is 0. The standard InChI is InChI=1S/C18H18N4O4/c1-12-10-19-11-21(16(12)24)9-7-20-15(23)6-8-22-17(25)13-4-2-3-5-14(13)18(22)26/h2-5,10-11H,6-9H2,1H3,(H,20,23). The number of carbonyl (C=O) groups excluding carboxylic acids is 3. The molecule has 1 aliphatic heterocycles. The second-order valence-electron chi connectivity index (χ2n) is 5.98. The maximum atomic E-state index is 12.2. The molecule has 0 fully saturated rings. The van der Waals surface area contributed by atoms with Gasteiger partial charge in [-0.15, -0.1) is 0 Å². The number of imide groups is 1. The number of aromatic nitrogens is 2. The molecule has 0 saturated carbocycles. The number of nitrogens with one attached hydrogen (secondary N) is 1. The molecule has 2 heterocycles. The fourth-order valence-corrected chi connectivity index (χ4v) is 2.78. The zero-order chi connectivity index (χ0) is 18.7. The van der Waals surface area contributed by atoms with Crippen LogP contribution in [0.25, 0.3) is 0 Å². The lowest BCUT2D eigenvalue weighted by Gasteiger charge is -2.13. The minimum atomic E-state index is -0.379. The molecule has 1 N–H and O–H groups in total. The van der Waals surface area contributed by atoms with Gasteiger partial charge < -0.3 is 5.32 Å². The Labute approximate surface area is 149 Å². The van der Waals surface area contributed by atoms with Crippen molar-refractivity contribution in [1.29, 1.82) is 0 Å². The third-order valence-corrected chi connectivity index (χ3v) is 4.19. The highest BCUT2D eigenvalue weighted by atomic mass is 16.2. The van der Waals surface area contributed by atoms with Gasteiger partial charge in [-0.3, -0.25) is 28.6 Å². The first kappa shape index (κ1) is 17.5. The highest BCUT2D eigenvalue weighted by Gasteiger charge is 2.34. The monoisotopic (exact) mass is 354 g/mol. The normalized spacial score (nSPS) is 13.0. The van der Waals surface area contributed by atoms with E-state index in [1.54, 1.807) is 31.2 Å². The molecule has 2 aromatic rings. The Balaban J connectivity index is 1.49. The first-order valence-corrected chi connectivity index (χ1v) is 8.22. The largest absolute Gasteiger partial charge is 0.354 e. The lowest BCUT2D eigenvalue weighted by atomic mass is 10.1. The van der Waals surface area contributed by atoms with Crippen molar-refractivity contribution in [2.75, 3.05) is 13.1 Å². The van der Waals surface area contributed by atoms with Crippen molar-refractivity contribution in [3.8, 4) is 0 Å². The van der Waals surface area contributed by atoms with Gasteiger partial charge in [0.2, 0.25) is 5.91 Å². The molecule has 0 atom stereocenters. The first-order chi connectivity index (χ1) is 12.5. The van der Waals surface area contributed by atoms with E-state index >= 15 is 0 Å². The summed E-state index contributed by atoms with van der Waals surface area (Å²) in [6.45, 7) is 2.24. The summed E-state index contributed by atoms with van der Waals surface area (Å²) < 4.78 is 1.42. The van der Waals surface area contributed by atoms with Crippen LogP contribution in [0.15, 0.2) is 41.6 Å². The Morgan fingerprint density at radius 2 is 1.73 bits per heavy atom. The first-order valence-electron chi connectivity index (χ1n) is 8.22. The lowest BCUT2D eigenvalue weighted by Crippen LogP contribution is -2.36. The van der Waals surface area contributed by atoms with Crippen LogP contribution in [-0.2, 0) is 11.3 Å². The summed E-state index contributed by atoms with van der Waals surface area (Å²) in [7, 11) is 0. The number of hydrogen-bond donors (Lipinski definition) is 1. The van der Waals surface area contributed by atoms with Crippen molar-refractivity contribution in [3.05, 3.63) is 63.8 Å². The number of aryl methyl sites for hydroxylation is 1. The van der Waals surface area contributed by atoms with Gasteiger partial charge in [-0.05, 0) is 19.1 Å². The van der Waals surface area contributed by atoms with Crippen molar-refractivity contribution in [2.45, 2.75) is 19.9 Å². The molecule has 0 aliphatic carbocycles. The van der Waals surface area contributed by atoms with Crippen molar-refractivity contribution in [3.63, 3.8) is 0 Å². The molecule has 0 unspecified atom stereocenters. The van der Waals surface area contributed by atoms with Gasteiger partial charge in [0.05, 0.1) is 17.5 Å². The van der Waals surface area contributed by atoms with E-state index in [4.69, 9.17) is 0 Å². The molecule has 0 spiro atoms. The summed E-state index contributed by atoms with van der Waals surface area (Å²) in [6, 6.07) is 6.59. The molecule has 1 aliphatic rings. The highest BCUT2D eigenvalue weighted by molar-refractivity contribution is 6.21. The lowest BCUT2D eigenvalue weighted by molar-refractivity contribution is -0.121. The molecule has 8 nitrogen and oxygen atoms in total. The molecule has 8 heteroatoms. The fourth-order valence-electron chi connectivity index (χ4n) is 2.78. The average molecular weight is 354 g/mol. The predicted molar refractivity (Wildman–Crippen MR) is 92.7 cm³/mol. The molecule has 0 radical (unpaired) electrons. The van der Waals surface area contributed by atoms with Gasteiger partial charge in [-0.25, -0.2) is 4.98 Å². The van der Waals surface area contributed by atoms with Crippen LogP contribution in [0.5, 0.6) is 0 Å². The molecular formula is C18H18N4O4. The second-order valence-corrected chi connectivity index (χ2v) is 5.98. The average Bonchev–Trinajstić information content (AvgIpc) is 2.88. The summed E-state index contributed by atoms with van der Waals surface area (Å²) in [5, 5.41) is 2.68. The number of rotatable bonds is 6. The van der Waals surface area contributed by atoms with E-state index in [1.165, 1.54) is 17.1 Å². The van der Waals surface area contributed by atoms with Gasteiger partial charge in [0.25, 0.3) is 17.4 Å². The van der Waals surface area contributed by atoms with E-state index in [-0.39, 0.29) is 42.8 Å². The van der Waals surface area contributed by atoms with E-state index in [2.05, 4.69) is 10.3 Å². The fraction of sp³-hybridized carbons (Fsp3) is 0.278. The smallest absolute Gasteiger partial charge is 0.261 e. The minimum absolute atomic E-state index is 0.00638. The molecule has 3 amide bonds. The third-order valence-electron chi connectivity index (χ3n) is 4.19. The summed E-state index contributed by atoms with van der Waals surface area (Å²) in [4.78, 5) is 53.3. The van der Waals surface area contributed by atoms with Crippen LogP contribution in [0.3, 0.4) is 0 Å². The van der Waals surface area contributed by atoms with Gasteiger partial charge >= 0.3 is 0 Å². The Hall–Kier alpha value is -3.29. The predicted octanol–water partition coefficient (Wildman–Crippen LogP) is 0.354. The van der Waals surface area contributed by atoms with Gasteiger partial charge in [0.15, 0.2) is 0 Å². The van der Waals surface area contributed by atoms with Crippen molar-refractivity contribution < 1.29 is 14.4 Å². The minimum Gasteiger partial charge on any atom is -0.354 e. The van der Waals surface area contributed by atoms with Gasteiger partial charge in [0, 0.05) is 37.8 Å². The number of amides is 3. The van der Waals surface area contributed by atoms with E-state index < -0.39 is 0 Å². The molecule has 1 aromatic carbocycles. The summed E-state index contributed by atoms with van der Waals surface area (Å²) in [5.74, 6) is -1.05. The van der Waals surface area contributed by atoms with E-state index in [0.29, 0.717) is 23.2 Å². The zero-order valence-corrected chi connectivity index (χ0v) is 14.3. The number of hydrogen-bond acceptors (Lipinski definition) is 5. The summed E-state index contributed by atoms with van der Waals surface area (Å²) in [5.41, 5.74) is 1.11.